The third-order valence-corrected chi connectivity index (χ3v) is 3.70. The average Bonchev–Trinajstić information content (AvgIpc) is 2.64. The number of nitrogens with zero attached hydrogens (tertiary/aromatic N) is 2. The standard InChI is InChI=1S/C15H20ClN3O/c1-10-5-6-14(12(7-10)8-17-3)20-9-13-15(16)11(2)18-19(13)4/h5-7,17H,8-9H2,1-4H3. The number of nitrogens with one attached hydrogen (secondary N) is 1. The summed E-state index contributed by atoms with van der Waals surface area (Å²) < 4.78 is 7.69. The molecule has 2 rings (SSSR count). The molecule has 0 saturated heterocycles. The lowest BCUT2D eigenvalue weighted by molar-refractivity contribution is 0.291. The van der Waals surface area contributed by atoms with E-state index in [0.29, 0.717) is 11.6 Å². The van der Waals surface area contributed by atoms with Gasteiger partial charge in [0.15, 0.2) is 0 Å². The van der Waals surface area contributed by atoms with Crippen LogP contribution in [0.5, 0.6) is 5.75 Å². The number of aryl methyl sites for hydroxylation is 3. The fraction of sp³-hybridized carbons (Fsp3) is 0.400. The molecular weight excluding hydrogens is 274 g/mol. The minimum Gasteiger partial charge on any atom is -0.487 e. The quantitative estimate of drug-likeness (QED) is 0.921. The van der Waals surface area contributed by atoms with Crippen molar-refractivity contribution in [1.29, 1.82) is 0 Å². The first-order valence-electron chi connectivity index (χ1n) is 6.57. The third-order valence-electron chi connectivity index (χ3n) is 3.21. The summed E-state index contributed by atoms with van der Waals surface area (Å²) in [4.78, 5) is 0. The van der Waals surface area contributed by atoms with Crippen molar-refractivity contribution < 1.29 is 4.74 Å². The molecule has 2 aromatic rings. The molecule has 1 aromatic heterocycles. The number of rotatable bonds is 5. The maximum Gasteiger partial charge on any atom is 0.131 e. The third kappa shape index (κ3) is 3.14. The van der Waals surface area contributed by atoms with E-state index in [4.69, 9.17) is 16.3 Å². The van der Waals surface area contributed by atoms with Crippen LogP contribution in [0.15, 0.2) is 18.2 Å². The predicted octanol–water partition coefficient (Wildman–Crippen LogP) is 2.99. The molecule has 0 aliphatic heterocycles. The molecule has 0 aliphatic carbocycles. The van der Waals surface area contributed by atoms with E-state index in [1.165, 1.54) is 5.56 Å². The largest absolute Gasteiger partial charge is 0.487 e. The number of benzene rings is 1. The highest BCUT2D eigenvalue weighted by molar-refractivity contribution is 6.31. The number of aromatic nitrogens is 2. The van der Waals surface area contributed by atoms with Crippen LogP contribution in [0.3, 0.4) is 0 Å². The van der Waals surface area contributed by atoms with Crippen molar-refractivity contribution in [2.45, 2.75) is 27.0 Å². The molecule has 20 heavy (non-hydrogen) atoms. The van der Waals surface area contributed by atoms with E-state index in [-0.39, 0.29) is 0 Å². The van der Waals surface area contributed by atoms with Crippen LogP contribution >= 0.6 is 11.6 Å². The van der Waals surface area contributed by atoms with Crippen LogP contribution < -0.4 is 10.1 Å². The van der Waals surface area contributed by atoms with Gasteiger partial charge in [0.25, 0.3) is 0 Å². The Kier molecular flexibility index (Phi) is 4.68. The molecule has 0 amide bonds. The van der Waals surface area contributed by atoms with Crippen molar-refractivity contribution in [3.05, 3.63) is 45.7 Å². The van der Waals surface area contributed by atoms with Gasteiger partial charge in [-0.3, -0.25) is 4.68 Å². The van der Waals surface area contributed by atoms with Gasteiger partial charge in [-0.2, -0.15) is 5.10 Å². The van der Waals surface area contributed by atoms with Crippen LogP contribution in [-0.4, -0.2) is 16.8 Å². The van der Waals surface area contributed by atoms with Gasteiger partial charge in [-0.05, 0) is 27.0 Å². The molecule has 0 unspecified atom stereocenters. The topological polar surface area (TPSA) is 39.1 Å². The molecule has 1 aromatic carbocycles. The summed E-state index contributed by atoms with van der Waals surface area (Å²) in [5.74, 6) is 0.875. The van der Waals surface area contributed by atoms with E-state index in [0.717, 1.165) is 29.2 Å². The van der Waals surface area contributed by atoms with E-state index in [1.54, 1.807) is 4.68 Å². The summed E-state index contributed by atoms with van der Waals surface area (Å²) in [5, 5.41) is 8.12. The molecule has 1 N–H and O–H groups in total. The SMILES string of the molecule is CNCc1cc(C)ccc1OCc1c(Cl)c(C)nn1C. The molecule has 5 heteroatoms. The number of ether oxygens (including phenoxy) is 1. The van der Waals surface area contributed by atoms with Crippen LogP contribution in [0.1, 0.15) is 22.5 Å². The van der Waals surface area contributed by atoms with Crippen LogP contribution in [-0.2, 0) is 20.2 Å². The van der Waals surface area contributed by atoms with Gasteiger partial charge in [0.05, 0.1) is 16.4 Å². The van der Waals surface area contributed by atoms with Crippen molar-refractivity contribution in [3.8, 4) is 5.75 Å². The van der Waals surface area contributed by atoms with Crippen LogP contribution in [0.4, 0.5) is 0 Å². The van der Waals surface area contributed by atoms with Gasteiger partial charge >= 0.3 is 0 Å². The first-order valence-corrected chi connectivity index (χ1v) is 6.95. The van der Waals surface area contributed by atoms with E-state index < -0.39 is 0 Å². The van der Waals surface area contributed by atoms with Gasteiger partial charge in [0.1, 0.15) is 12.4 Å². The van der Waals surface area contributed by atoms with E-state index in [2.05, 4.69) is 23.4 Å². The van der Waals surface area contributed by atoms with Gasteiger partial charge < -0.3 is 10.1 Å². The second kappa shape index (κ2) is 6.29. The smallest absolute Gasteiger partial charge is 0.131 e. The summed E-state index contributed by atoms with van der Waals surface area (Å²) in [6.45, 7) is 5.15. The average molecular weight is 294 g/mol. The molecule has 0 aliphatic rings. The Balaban J connectivity index is 2.18. The Morgan fingerprint density at radius 3 is 2.70 bits per heavy atom. The van der Waals surface area contributed by atoms with Gasteiger partial charge in [-0.15, -0.1) is 0 Å². The van der Waals surface area contributed by atoms with E-state index in [9.17, 15) is 0 Å². The Labute approximate surface area is 124 Å². The van der Waals surface area contributed by atoms with Crippen molar-refractivity contribution in [2.75, 3.05) is 7.05 Å². The lowest BCUT2D eigenvalue weighted by Crippen LogP contribution is -2.09. The summed E-state index contributed by atoms with van der Waals surface area (Å²) in [6, 6.07) is 6.17. The Bertz CT molecular complexity index is 607. The minimum absolute atomic E-state index is 0.413. The zero-order chi connectivity index (χ0) is 14.7. The van der Waals surface area contributed by atoms with Crippen molar-refractivity contribution in [2.24, 2.45) is 7.05 Å². The van der Waals surface area contributed by atoms with Gasteiger partial charge in [0, 0.05) is 19.2 Å². The molecule has 0 fully saturated rings. The summed E-state index contributed by atoms with van der Waals surface area (Å²) in [7, 11) is 3.80. The number of hydrogen-bond donors (Lipinski definition) is 1. The summed E-state index contributed by atoms with van der Waals surface area (Å²) >= 11 is 6.23. The Morgan fingerprint density at radius 2 is 2.10 bits per heavy atom. The van der Waals surface area contributed by atoms with E-state index in [1.807, 2.05) is 33.2 Å². The Morgan fingerprint density at radius 1 is 1.35 bits per heavy atom. The predicted molar refractivity (Wildman–Crippen MR) is 81.2 cm³/mol. The maximum absolute atomic E-state index is 6.23. The lowest BCUT2D eigenvalue weighted by Gasteiger charge is -2.12. The zero-order valence-corrected chi connectivity index (χ0v) is 13.1. The molecular formula is C15H20ClN3O. The first-order chi connectivity index (χ1) is 9.52. The molecule has 4 nitrogen and oxygen atoms in total. The highest BCUT2D eigenvalue weighted by atomic mass is 35.5. The van der Waals surface area contributed by atoms with Gasteiger partial charge in [0.2, 0.25) is 0 Å². The van der Waals surface area contributed by atoms with E-state index >= 15 is 0 Å². The molecule has 0 radical (unpaired) electrons. The molecule has 0 bridgehead atoms. The minimum atomic E-state index is 0.413. The number of halogens is 1. The van der Waals surface area contributed by atoms with Gasteiger partial charge in [-0.1, -0.05) is 29.3 Å². The second-order valence-electron chi connectivity index (χ2n) is 4.90. The normalized spacial score (nSPS) is 10.8. The van der Waals surface area contributed by atoms with Crippen molar-refractivity contribution in [3.63, 3.8) is 0 Å². The number of hydrogen-bond acceptors (Lipinski definition) is 3. The highest BCUT2D eigenvalue weighted by Crippen LogP contribution is 2.24. The Hall–Kier alpha value is -1.52. The van der Waals surface area contributed by atoms with Crippen molar-refractivity contribution >= 4 is 11.6 Å². The summed E-state index contributed by atoms with van der Waals surface area (Å²) in [5.41, 5.74) is 4.08. The van der Waals surface area contributed by atoms with Gasteiger partial charge in [-0.25, -0.2) is 0 Å². The molecule has 0 spiro atoms. The fourth-order valence-corrected chi connectivity index (χ4v) is 2.38. The molecule has 0 atom stereocenters. The van der Waals surface area contributed by atoms with Crippen LogP contribution in [0.25, 0.3) is 0 Å². The zero-order valence-electron chi connectivity index (χ0n) is 12.3. The molecule has 1 heterocycles. The van der Waals surface area contributed by atoms with Crippen molar-refractivity contribution in [1.82, 2.24) is 15.1 Å². The summed E-state index contributed by atoms with van der Waals surface area (Å²) in [6.07, 6.45) is 0. The highest BCUT2D eigenvalue weighted by Gasteiger charge is 2.12. The lowest BCUT2D eigenvalue weighted by atomic mass is 10.1. The monoisotopic (exact) mass is 293 g/mol. The molecule has 0 saturated carbocycles. The first kappa shape index (κ1) is 14.9. The fourth-order valence-electron chi connectivity index (χ4n) is 2.16. The maximum atomic E-state index is 6.23. The second-order valence-corrected chi connectivity index (χ2v) is 5.28. The van der Waals surface area contributed by atoms with Crippen LogP contribution in [0, 0.1) is 13.8 Å². The van der Waals surface area contributed by atoms with Crippen LogP contribution in [0.2, 0.25) is 5.02 Å². The molecule has 108 valence electrons.